The molecule has 21 heavy (non-hydrogen) atoms. The summed E-state index contributed by atoms with van der Waals surface area (Å²) in [6.45, 7) is 0.593. The van der Waals surface area contributed by atoms with Crippen LogP contribution in [-0.4, -0.2) is 31.5 Å². The predicted octanol–water partition coefficient (Wildman–Crippen LogP) is 3.39. The number of sulfone groups is 1. The van der Waals surface area contributed by atoms with Gasteiger partial charge in [-0.15, -0.1) is 0 Å². The maximum Gasteiger partial charge on any atom is 0.150 e. The topological polar surface area (TPSA) is 59.1 Å². The Labute approximate surface area is 133 Å². The third-order valence-electron chi connectivity index (χ3n) is 3.65. The number of pyridine rings is 1. The van der Waals surface area contributed by atoms with Crippen molar-refractivity contribution in [1.82, 2.24) is 4.98 Å². The molecule has 0 amide bonds. The Morgan fingerprint density at radius 3 is 2.71 bits per heavy atom. The fraction of sp³-hybridized carbons (Fsp3) is 0.357. The van der Waals surface area contributed by atoms with Gasteiger partial charge in [-0.2, -0.15) is 0 Å². The normalized spacial score (nSPS) is 20.8. The van der Waals surface area contributed by atoms with Gasteiger partial charge >= 0.3 is 0 Å². The standard InChI is InChI=1S/C14H14Cl2N2O2S/c15-11-3-1-10-2-4-12(18-14(10)13(11)16)17-7-9-5-6-21(19,20)8-9/h1-4,9H,5-8H2,(H,17,18)/t9-/m1/s1. The SMILES string of the molecule is O=S1(=O)CC[C@H](CNc2ccc3ccc(Cl)c(Cl)c3n2)C1. The second kappa shape index (κ2) is 5.63. The molecule has 112 valence electrons. The average molecular weight is 345 g/mol. The van der Waals surface area contributed by atoms with E-state index in [-0.39, 0.29) is 17.4 Å². The zero-order valence-corrected chi connectivity index (χ0v) is 13.5. The van der Waals surface area contributed by atoms with Crippen molar-refractivity contribution >= 4 is 49.8 Å². The summed E-state index contributed by atoms with van der Waals surface area (Å²) >= 11 is 12.2. The van der Waals surface area contributed by atoms with Crippen LogP contribution >= 0.6 is 23.2 Å². The fourth-order valence-corrected chi connectivity index (χ4v) is 4.74. The Bertz CT molecular complexity index is 793. The number of aromatic nitrogens is 1. The number of hydrogen-bond donors (Lipinski definition) is 1. The van der Waals surface area contributed by atoms with Crippen LogP contribution in [0.25, 0.3) is 10.9 Å². The molecule has 3 rings (SSSR count). The van der Waals surface area contributed by atoms with E-state index in [4.69, 9.17) is 23.2 Å². The van der Waals surface area contributed by atoms with Crippen LogP contribution in [0, 0.1) is 5.92 Å². The highest BCUT2D eigenvalue weighted by Crippen LogP contribution is 2.30. The van der Waals surface area contributed by atoms with Gasteiger partial charge in [-0.05, 0) is 30.5 Å². The molecule has 1 aromatic heterocycles. The third kappa shape index (κ3) is 3.25. The van der Waals surface area contributed by atoms with Gasteiger partial charge in [-0.25, -0.2) is 13.4 Å². The van der Waals surface area contributed by atoms with Crippen LogP contribution in [0.4, 0.5) is 5.82 Å². The molecule has 4 nitrogen and oxygen atoms in total. The quantitative estimate of drug-likeness (QED) is 0.926. The average Bonchev–Trinajstić information content (AvgIpc) is 2.80. The summed E-state index contributed by atoms with van der Waals surface area (Å²) in [6, 6.07) is 7.38. The first-order valence-electron chi connectivity index (χ1n) is 6.64. The highest BCUT2D eigenvalue weighted by atomic mass is 35.5. The van der Waals surface area contributed by atoms with E-state index in [0.29, 0.717) is 34.3 Å². The first-order chi connectivity index (χ1) is 9.94. The minimum atomic E-state index is -2.85. The van der Waals surface area contributed by atoms with E-state index in [9.17, 15) is 8.42 Å². The van der Waals surface area contributed by atoms with E-state index < -0.39 is 9.84 Å². The summed E-state index contributed by atoms with van der Waals surface area (Å²) in [4.78, 5) is 4.46. The molecule has 1 aliphatic heterocycles. The summed E-state index contributed by atoms with van der Waals surface area (Å²) in [6.07, 6.45) is 0.704. The van der Waals surface area contributed by atoms with Crippen molar-refractivity contribution in [2.45, 2.75) is 6.42 Å². The molecule has 1 aromatic carbocycles. The van der Waals surface area contributed by atoms with Crippen molar-refractivity contribution in [3.63, 3.8) is 0 Å². The van der Waals surface area contributed by atoms with Gasteiger partial charge in [0.05, 0.1) is 27.1 Å². The van der Waals surface area contributed by atoms with Gasteiger partial charge in [0, 0.05) is 11.9 Å². The Balaban J connectivity index is 1.77. The Morgan fingerprint density at radius 1 is 1.24 bits per heavy atom. The Morgan fingerprint density at radius 2 is 2.00 bits per heavy atom. The van der Waals surface area contributed by atoms with Crippen LogP contribution in [0.5, 0.6) is 0 Å². The molecule has 0 saturated carbocycles. The number of anilines is 1. The number of nitrogens with one attached hydrogen (secondary N) is 1. The van der Waals surface area contributed by atoms with Crippen LogP contribution < -0.4 is 5.32 Å². The van der Waals surface area contributed by atoms with Crippen molar-refractivity contribution in [2.24, 2.45) is 5.92 Å². The predicted molar refractivity (Wildman–Crippen MR) is 87.0 cm³/mol. The molecule has 1 aliphatic rings. The van der Waals surface area contributed by atoms with Crippen LogP contribution in [0.3, 0.4) is 0 Å². The van der Waals surface area contributed by atoms with Crippen molar-refractivity contribution in [1.29, 1.82) is 0 Å². The lowest BCUT2D eigenvalue weighted by atomic mass is 10.1. The van der Waals surface area contributed by atoms with Crippen molar-refractivity contribution in [3.8, 4) is 0 Å². The van der Waals surface area contributed by atoms with Gasteiger partial charge in [-0.1, -0.05) is 29.3 Å². The maximum atomic E-state index is 11.4. The summed E-state index contributed by atoms with van der Waals surface area (Å²) in [5.41, 5.74) is 0.646. The summed E-state index contributed by atoms with van der Waals surface area (Å²) in [7, 11) is -2.85. The number of hydrogen-bond acceptors (Lipinski definition) is 4. The molecule has 2 aromatic rings. The molecule has 2 heterocycles. The molecular weight excluding hydrogens is 331 g/mol. The summed E-state index contributed by atoms with van der Waals surface area (Å²) in [5.74, 6) is 1.35. The molecule has 0 radical (unpaired) electrons. The number of benzene rings is 1. The van der Waals surface area contributed by atoms with Gasteiger partial charge < -0.3 is 5.32 Å². The minimum Gasteiger partial charge on any atom is -0.370 e. The fourth-order valence-electron chi connectivity index (χ4n) is 2.51. The molecule has 7 heteroatoms. The van der Waals surface area contributed by atoms with E-state index in [1.165, 1.54) is 0 Å². The molecule has 1 saturated heterocycles. The molecule has 1 N–H and O–H groups in total. The minimum absolute atomic E-state index is 0.141. The van der Waals surface area contributed by atoms with E-state index in [2.05, 4.69) is 10.3 Å². The number of nitrogens with zero attached hydrogens (tertiary/aromatic N) is 1. The molecule has 1 atom stereocenters. The Hall–Kier alpha value is -1.04. The molecule has 0 unspecified atom stereocenters. The summed E-state index contributed by atoms with van der Waals surface area (Å²) in [5, 5.41) is 5.00. The third-order valence-corrected chi connectivity index (χ3v) is 6.28. The number of rotatable bonds is 3. The maximum absolute atomic E-state index is 11.4. The van der Waals surface area contributed by atoms with Crippen LogP contribution in [0.15, 0.2) is 24.3 Å². The molecule has 0 bridgehead atoms. The zero-order chi connectivity index (χ0) is 15.0. The van der Waals surface area contributed by atoms with Gasteiger partial charge in [0.25, 0.3) is 0 Å². The summed E-state index contributed by atoms with van der Waals surface area (Å²) < 4.78 is 22.9. The van der Waals surface area contributed by atoms with Gasteiger partial charge in [0.15, 0.2) is 9.84 Å². The number of halogens is 2. The highest BCUT2D eigenvalue weighted by Gasteiger charge is 2.27. The second-order valence-electron chi connectivity index (χ2n) is 5.28. The van der Waals surface area contributed by atoms with Crippen molar-refractivity contribution < 1.29 is 8.42 Å². The lowest BCUT2D eigenvalue weighted by Gasteiger charge is -2.11. The van der Waals surface area contributed by atoms with Gasteiger partial charge in [0.1, 0.15) is 5.82 Å². The molecule has 1 fully saturated rings. The lowest BCUT2D eigenvalue weighted by molar-refractivity contribution is 0.595. The lowest BCUT2D eigenvalue weighted by Crippen LogP contribution is -2.16. The van der Waals surface area contributed by atoms with Crippen LogP contribution in [0.2, 0.25) is 10.0 Å². The largest absolute Gasteiger partial charge is 0.370 e. The second-order valence-corrected chi connectivity index (χ2v) is 8.29. The number of fused-ring (bicyclic) bond motifs is 1. The van der Waals surface area contributed by atoms with Crippen LogP contribution in [0.1, 0.15) is 6.42 Å². The van der Waals surface area contributed by atoms with Crippen LogP contribution in [-0.2, 0) is 9.84 Å². The van der Waals surface area contributed by atoms with Crippen molar-refractivity contribution in [3.05, 3.63) is 34.3 Å². The highest BCUT2D eigenvalue weighted by molar-refractivity contribution is 7.91. The van der Waals surface area contributed by atoms with Gasteiger partial charge in [0.2, 0.25) is 0 Å². The first-order valence-corrected chi connectivity index (χ1v) is 9.21. The smallest absolute Gasteiger partial charge is 0.150 e. The first kappa shape index (κ1) is 14.9. The molecule has 0 spiro atoms. The zero-order valence-electron chi connectivity index (χ0n) is 11.1. The van der Waals surface area contributed by atoms with E-state index >= 15 is 0 Å². The van der Waals surface area contributed by atoms with E-state index in [0.717, 1.165) is 5.39 Å². The van der Waals surface area contributed by atoms with E-state index in [1.807, 2.05) is 18.2 Å². The monoisotopic (exact) mass is 344 g/mol. The van der Waals surface area contributed by atoms with E-state index in [1.54, 1.807) is 6.07 Å². The molecule has 0 aliphatic carbocycles. The van der Waals surface area contributed by atoms with Gasteiger partial charge in [-0.3, -0.25) is 0 Å². The molecular formula is C14H14Cl2N2O2S. The Kier molecular flexibility index (Phi) is 3.99. The van der Waals surface area contributed by atoms with Crippen molar-refractivity contribution in [2.75, 3.05) is 23.4 Å².